The van der Waals surface area contributed by atoms with E-state index in [1.165, 1.54) is 6.92 Å². The molecule has 0 radical (unpaired) electrons. The van der Waals surface area contributed by atoms with Crippen molar-refractivity contribution in [3.05, 3.63) is 29.3 Å². The molecule has 1 aromatic carbocycles. The lowest BCUT2D eigenvalue weighted by molar-refractivity contribution is -0.155. The molecular formula is C13H17NO4. The number of hydrogen-bond donors (Lipinski definition) is 1. The number of primary amides is 1. The van der Waals surface area contributed by atoms with Gasteiger partial charge < -0.3 is 15.2 Å². The van der Waals surface area contributed by atoms with Crippen LogP contribution in [0.3, 0.4) is 0 Å². The first-order chi connectivity index (χ1) is 8.40. The van der Waals surface area contributed by atoms with Crippen molar-refractivity contribution in [3.63, 3.8) is 0 Å². The molecule has 1 amide bonds. The highest BCUT2D eigenvalue weighted by atomic mass is 16.6. The van der Waals surface area contributed by atoms with Crippen LogP contribution in [0.5, 0.6) is 5.75 Å². The maximum atomic E-state index is 11.3. The third kappa shape index (κ3) is 4.08. The third-order valence-corrected chi connectivity index (χ3v) is 2.54. The summed E-state index contributed by atoms with van der Waals surface area (Å²) < 4.78 is 10.0. The lowest BCUT2D eigenvalue weighted by atomic mass is 10.1. The third-order valence-electron chi connectivity index (χ3n) is 2.54. The van der Waals surface area contributed by atoms with Gasteiger partial charge in [-0.05, 0) is 44.0 Å². The molecule has 0 aliphatic rings. The Morgan fingerprint density at radius 3 is 2.50 bits per heavy atom. The first-order valence-electron chi connectivity index (χ1n) is 5.59. The van der Waals surface area contributed by atoms with Crippen LogP contribution in [0, 0.1) is 13.8 Å². The molecule has 0 heterocycles. The molecule has 5 heteroatoms. The van der Waals surface area contributed by atoms with Gasteiger partial charge in [0.15, 0.2) is 12.7 Å². The molecule has 18 heavy (non-hydrogen) atoms. The largest absolute Gasteiger partial charge is 0.482 e. The summed E-state index contributed by atoms with van der Waals surface area (Å²) in [7, 11) is 0. The molecule has 0 aliphatic carbocycles. The molecule has 1 atom stereocenters. The van der Waals surface area contributed by atoms with Crippen molar-refractivity contribution >= 4 is 11.9 Å². The number of carbonyl (C=O) groups is 2. The Labute approximate surface area is 106 Å². The summed E-state index contributed by atoms with van der Waals surface area (Å²) in [6, 6.07) is 5.51. The van der Waals surface area contributed by atoms with Crippen molar-refractivity contribution < 1.29 is 19.1 Å². The van der Waals surface area contributed by atoms with Crippen molar-refractivity contribution in [3.8, 4) is 5.75 Å². The fraction of sp³-hybridized carbons (Fsp3) is 0.385. The Balaban J connectivity index is 2.47. The highest BCUT2D eigenvalue weighted by molar-refractivity contribution is 5.82. The van der Waals surface area contributed by atoms with Gasteiger partial charge in [0.25, 0.3) is 5.91 Å². The summed E-state index contributed by atoms with van der Waals surface area (Å²) in [5, 5.41) is 0. The van der Waals surface area contributed by atoms with E-state index >= 15 is 0 Å². The molecule has 1 aromatic rings. The molecule has 98 valence electrons. The van der Waals surface area contributed by atoms with E-state index in [0.717, 1.165) is 11.1 Å². The first kappa shape index (κ1) is 14.0. The van der Waals surface area contributed by atoms with Gasteiger partial charge in [0.1, 0.15) is 5.75 Å². The number of ether oxygens (including phenoxy) is 2. The molecule has 2 N–H and O–H groups in total. The van der Waals surface area contributed by atoms with E-state index in [0.29, 0.717) is 5.75 Å². The second kappa shape index (κ2) is 6.05. The van der Waals surface area contributed by atoms with E-state index in [-0.39, 0.29) is 6.61 Å². The summed E-state index contributed by atoms with van der Waals surface area (Å²) in [5.41, 5.74) is 7.19. The second-order valence-electron chi connectivity index (χ2n) is 4.07. The van der Waals surface area contributed by atoms with Crippen LogP contribution in [-0.4, -0.2) is 24.6 Å². The Morgan fingerprint density at radius 1 is 1.28 bits per heavy atom. The Morgan fingerprint density at radius 2 is 1.94 bits per heavy atom. The molecular weight excluding hydrogens is 234 g/mol. The average Bonchev–Trinajstić information content (AvgIpc) is 2.30. The summed E-state index contributed by atoms with van der Waals surface area (Å²) >= 11 is 0. The Kier molecular flexibility index (Phi) is 4.71. The monoisotopic (exact) mass is 251 g/mol. The van der Waals surface area contributed by atoms with Gasteiger partial charge in [-0.15, -0.1) is 0 Å². The maximum absolute atomic E-state index is 11.3. The number of hydrogen-bond acceptors (Lipinski definition) is 4. The van der Waals surface area contributed by atoms with Crippen LogP contribution in [0.4, 0.5) is 0 Å². The molecule has 1 rings (SSSR count). The van der Waals surface area contributed by atoms with Gasteiger partial charge in [0.05, 0.1) is 0 Å². The average molecular weight is 251 g/mol. The van der Waals surface area contributed by atoms with Gasteiger partial charge in [-0.25, -0.2) is 4.79 Å². The fourth-order valence-electron chi connectivity index (χ4n) is 1.24. The van der Waals surface area contributed by atoms with Crippen molar-refractivity contribution in [1.29, 1.82) is 0 Å². The second-order valence-corrected chi connectivity index (χ2v) is 4.07. The van der Waals surface area contributed by atoms with Crippen LogP contribution in [0.15, 0.2) is 18.2 Å². The van der Waals surface area contributed by atoms with Gasteiger partial charge >= 0.3 is 5.97 Å². The topological polar surface area (TPSA) is 78.6 Å². The molecule has 1 unspecified atom stereocenters. The van der Waals surface area contributed by atoms with Crippen LogP contribution < -0.4 is 10.5 Å². The van der Waals surface area contributed by atoms with Gasteiger partial charge in [-0.1, -0.05) is 6.07 Å². The molecule has 0 saturated carbocycles. The molecule has 0 aliphatic heterocycles. The highest BCUT2D eigenvalue weighted by Crippen LogP contribution is 2.16. The van der Waals surface area contributed by atoms with Gasteiger partial charge in [-0.3, -0.25) is 4.79 Å². The lowest BCUT2D eigenvalue weighted by Gasteiger charge is -2.11. The number of aryl methyl sites for hydroxylation is 2. The quantitative estimate of drug-likeness (QED) is 0.795. The van der Waals surface area contributed by atoms with Crippen molar-refractivity contribution in [2.75, 3.05) is 6.61 Å². The van der Waals surface area contributed by atoms with Crippen molar-refractivity contribution in [1.82, 2.24) is 0 Å². The summed E-state index contributed by atoms with van der Waals surface area (Å²) in [4.78, 5) is 22.0. The highest BCUT2D eigenvalue weighted by Gasteiger charge is 2.14. The molecule has 0 spiro atoms. The number of rotatable bonds is 5. The Bertz CT molecular complexity index is 456. The number of esters is 1. The predicted molar refractivity (Wildman–Crippen MR) is 66.2 cm³/mol. The smallest absolute Gasteiger partial charge is 0.344 e. The number of amides is 1. The van der Waals surface area contributed by atoms with Crippen LogP contribution in [-0.2, 0) is 14.3 Å². The van der Waals surface area contributed by atoms with Gasteiger partial charge in [0, 0.05) is 0 Å². The Hall–Kier alpha value is -2.04. The number of benzene rings is 1. The number of nitrogens with two attached hydrogens (primary N) is 1. The van der Waals surface area contributed by atoms with E-state index in [9.17, 15) is 9.59 Å². The maximum Gasteiger partial charge on any atom is 0.344 e. The van der Waals surface area contributed by atoms with Crippen molar-refractivity contribution in [2.24, 2.45) is 5.73 Å². The zero-order chi connectivity index (χ0) is 13.7. The molecule has 0 saturated heterocycles. The predicted octanol–water partition coefficient (Wildman–Crippen LogP) is 1.10. The zero-order valence-electron chi connectivity index (χ0n) is 10.7. The van der Waals surface area contributed by atoms with Gasteiger partial charge in [-0.2, -0.15) is 0 Å². The molecule has 5 nitrogen and oxygen atoms in total. The van der Waals surface area contributed by atoms with E-state index in [1.54, 1.807) is 6.07 Å². The number of carbonyl (C=O) groups excluding carboxylic acids is 2. The lowest BCUT2D eigenvalue weighted by Crippen LogP contribution is -2.32. The van der Waals surface area contributed by atoms with Crippen LogP contribution >= 0.6 is 0 Å². The molecule has 0 aromatic heterocycles. The van der Waals surface area contributed by atoms with E-state index < -0.39 is 18.0 Å². The molecule has 0 fully saturated rings. The minimum Gasteiger partial charge on any atom is -0.482 e. The van der Waals surface area contributed by atoms with Crippen LogP contribution in [0.25, 0.3) is 0 Å². The summed E-state index contributed by atoms with van der Waals surface area (Å²) in [5.74, 6) is -0.726. The van der Waals surface area contributed by atoms with E-state index in [4.69, 9.17) is 15.2 Å². The summed E-state index contributed by atoms with van der Waals surface area (Å²) in [6.45, 7) is 5.11. The van der Waals surface area contributed by atoms with Crippen LogP contribution in [0.2, 0.25) is 0 Å². The SMILES string of the molecule is Cc1ccc(OCC(=O)OC(C)C(N)=O)cc1C. The fourth-order valence-corrected chi connectivity index (χ4v) is 1.24. The minimum atomic E-state index is -0.944. The standard InChI is InChI=1S/C13H17NO4/c1-8-4-5-11(6-9(8)2)17-7-12(15)18-10(3)13(14)16/h4-6,10H,7H2,1-3H3,(H2,14,16). The zero-order valence-corrected chi connectivity index (χ0v) is 10.7. The summed E-state index contributed by atoms with van der Waals surface area (Å²) in [6.07, 6.45) is -0.944. The normalized spacial score (nSPS) is 11.7. The van der Waals surface area contributed by atoms with Gasteiger partial charge in [0.2, 0.25) is 0 Å². The first-order valence-corrected chi connectivity index (χ1v) is 5.59. The minimum absolute atomic E-state index is 0.250. The van der Waals surface area contributed by atoms with Crippen molar-refractivity contribution in [2.45, 2.75) is 26.9 Å². The van der Waals surface area contributed by atoms with E-state index in [1.807, 2.05) is 26.0 Å². The molecule has 0 bridgehead atoms. The van der Waals surface area contributed by atoms with Crippen LogP contribution in [0.1, 0.15) is 18.1 Å². The van der Waals surface area contributed by atoms with E-state index in [2.05, 4.69) is 0 Å².